The number of alkyl carbamates (subject to hydrolysis) is 1. The molecular formula is C15H21ClN4O3. The summed E-state index contributed by atoms with van der Waals surface area (Å²) < 4.78 is 5.21. The lowest BCUT2D eigenvalue weighted by atomic mass is 10.1. The molecule has 7 nitrogen and oxygen atoms in total. The highest BCUT2D eigenvalue weighted by Crippen LogP contribution is 2.25. The molecule has 1 saturated heterocycles. The highest BCUT2D eigenvalue weighted by Gasteiger charge is 2.26. The molecule has 0 aromatic carbocycles. The zero-order valence-electron chi connectivity index (χ0n) is 13.5. The minimum absolute atomic E-state index is 0.112. The summed E-state index contributed by atoms with van der Waals surface area (Å²) in [5, 5.41) is 2.89. The van der Waals surface area contributed by atoms with Crippen LogP contribution in [0.4, 0.5) is 10.6 Å². The highest BCUT2D eigenvalue weighted by atomic mass is 35.5. The van der Waals surface area contributed by atoms with Crippen LogP contribution in [0.5, 0.6) is 0 Å². The normalized spacial score (nSPS) is 17.9. The number of aldehydes is 1. The summed E-state index contributed by atoms with van der Waals surface area (Å²) in [4.78, 5) is 32.7. The molecule has 8 heteroatoms. The average Bonchev–Trinajstić information content (AvgIpc) is 2.92. The van der Waals surface area contributed by atoms with Gasteiger partial charge in [0.15, 0.2) is 6.29 Å². The van der Waals surface area contributed by atoms with Crippen molar-refractivity contribution in [3.8, 4) is 0 Å². The van der Waals surface area contributed by atoms with Crippen LogP contribution in [0.15, 0.2) is 6.20 Å². The van der Waals surface area contributed by atoms with E-state index in [1.807, 2.05) is 25.7 Å². The molecule has 126 valence electrons. The van der Waals surface area contributed by atoms with Crippen molar-refractivity contribution >= 4 is 29.8 Å². The number of halogens is 1. The van der Waals surface area contributed by atoms with E-state index >= 15 is 0 Å². The van der Waals surface area contributed by atoms with Crippen molar-refractivity contribution in [1.29, 1.82) is 0 Å². The molecule has 1 amide bonds. The molecule has 1 aromatic rings. The SMILES string of the molecule is CC(C)(C)OC(=O)NCC1CCN(c2nc(Cl)ncc2C=O)C1. The zero-order valence-corrected chi connectivity index (χ0v) is 14.3. The Morgan fingerprint density at radius 2 is 2.30 bits per heavy atom. The first-order chi connectivity index (χ1) is 10.8. The fraction of sp³-hybridized carbons (Fsp3) is 0.600. The van der Waals surface area contributed by atoms with E-state index < -0.39 is 11.7 Å². The predicted molar refractivity (Wildman–Crippen MR) is 87.0 cm³/mol. The van der Waals surface area contributed by atoms with Gasteiger partial charge < -0.3 is 15.0 Å². The Bertz CT molecular complexity index is 589. The summed E-state index contributed by atoms with van der Waals surface area (Å²) in [7, 11) is 0. The number of aromatic nitrogens is 2. The second-order valence-corrected chi connectivity index (χ2v) is 6.86. The minimum atomic E-state index is -0.512. The van der Waals surface area contributed by atoms with Crippen molar-refractivity contribution in [3.05, 3.63) is 17.0 Å². The van der Waals surface area contributed by atoms with Crippen molar-refractivity contribution in [2.24, 2.45) is 5.92 Å². The minimum Gasteiger partial charge on any atom is -0.444 e. The van der Waals surface area contributed by atoms with Gasteiger partial charge in [-0.25, -0.2) is 9.78 Å². The summed E-state index contributed by atoms with van der Waals surface area (Å²) in [6.45, 7) is 7.41. The number of carbonyl (C=O) groups is 2. The molecule has 2 rings (SSSR count). The number of nitrogens with zero attached hydrogens (tertiary/aromatic N) is 3. The van der Waals surface area contributed by atoms with Crippen LogP contribution in [0.25, 0.3) is 0 Å². The van der Waals surface area contributed by atoms with Crippen LogP contribution in [-0.2, 0) is 4.74 Å². The molecule has 0 radical (unpaired) electrons. The molecule has 0 aliphatic carbocycles. The van der Waals surface area contributed by atoms with Crippen molar-refractivity contribution in [2.75, 3.05) is 24.5 Å². The van der Waals surface area contributed by atoms with E-state index in [0.29, 0.717) is 24.5 Å². The number of rotatable bonds is 4. The van der Waals surface area contributed by atoms with Crippen LogP contribution in [0.1, 0.15) is 37.6 Å². The largest absolute Gasteiger partial charge is 0.444 e. The molecule has 23 heavy (non-hydrogen) atoms. The maximum absolute atomic E-state index is 11.7. The van der Waals surface area contributed by atoms with Gasteiger partial charge in [0, 0.05) is 25.8 Å². The maximum Gasteiger partial charge on any atom is 0.407 e. The second-order valence-electron chi connectivity index (χ2n) is 6.52. The molecule has 1 fully saturated rings. The Kier molecular flexibility index (Phi) is 5.41. The van der Waals surface area contributed by atoms with Gasteiger partial charge in [-0.1, -0.05) is 0 Å². The van der Waals surface area contributed by atoms with Crippen molar-refractivity contribution in [1.82, 2.24) is 15.3 Å². The molecule has 2 heterocycles. The Morgan fingerprint density at radius 3 is 2.96 bits per heavy atom. The van der Waals surface area contributed by atoms with E-state index in [9.17, 15) is 9.59 Å². The van der Waals surface area contributed by atoms with E-state index in [-0.39, 0.29) is 11.2 Å². The first kappa shape index (κ1) is 17.5. The molecule has 0 saturated carbocycles. The van der Waals surface area contributed by atoms with Crippen LogP contribution in [-0.4, -0.2) is 47.6 Å². The van der Waals surface area contributed by atoms with Gasteiger partial charge in [-0.05, 0) is 44.7 Å². The molecular weight excluding hydrogens is 320 g/mol. The summed E-state index contributed by atoms with van der Waals surface area (Å²) in [5.74, 6) is 0.801. The van der Waals surface area contributed by atoms with Crippen LogP contribution < -0.4 is 10.2 Å². The van der Waals surface area contributed by atoms with Crippen LogP contribution in [0, 0.1) is 5.92 Å². The third-order valence-electron chi connectivity index (χ3n) is 3.41. The van der Waals surface area contributed by atoms with Crippen molar-refractivity contribution < 1.29 is 14.3 Å². The van der Waals surface area contributed by atoms with Gasteiger partial charge in [-0.3, -0.25) is 4.79 Å². The molecule has 1 N–H and O–H groups in total. The van der Waals surface area contributed by atoms with Crippen molar-refractivity contribution in [3.63, 3.8) is 0 Å². The first-order valence-corrected chi connectivity index (χ1v) is 7.86. The lowest BCUT2D eigenvalue weighted by Crippen LogP contribution is -2.36. The van der Waals surface area contributed by atoms with E-state index in [2.05, 4.69) is 15.3 Å². The maximum atomic E-state index is 11.7. The zero-order chi connectivity index (χ0) is 17.0. The summed E-state index contributed by atoms with van der Waals surface area (Å²) in [6.07, 6.45) is 2.60. The predicted octanol–water partition coefficient (Wildman–Crippen LogP) is 2.29. The summed E-state index contributed by atoms with van der Waals surface area (Å²) >= 11 is 5.81. The Labute approximate surface area is 140 Å². The van der Waals surface area contributed by atoms with Crippen molar-refractivity contribution in [2.45, 2.75) is 32.8 Å². The third-order valence-corrected chi connectivity index (χ3v) is 3.59. The number of hydrogen-bond acceptors (Lipinski definition) is 6. The van der Waals surface area contributed by atoms with Crippen LogP contribution in [0.3, 0.4) is 0 Å². The Balaban J connectivity index is 1.90. The van der Waals surface area contributed by atoms with Gasteiger partial charge >= 0.3 is 6.09 Å². The van der Waals surface area contributed by atoms with E-state index in [4.69, 9.17) is 16.3 Å². The molecule has 1 aliphatic rings. The third kappa shape index (κ3) is 5.06. The summed E-state index contributed by atoms with van der Waals surface area (Å²) in [6, 6.07) is 0. The van der Waals surface area contributed by atoms with E-state index in [1.54, 1.807) is 0 Å². The number of hydrogen-bond donors (Lipinski definition) is 1. The van der Waals surface area contributed by atoms with Gasteiger partial charge in [-0.15, -0.1) is 0 Å². The number of anilines is 1. The monoisotopic (exact) mass is 340 g/mol. The van der Waals surface area contributed by atoms with Gasteiger partial charge in [0.25, 0.3) is 0 Å². The fourth-order valence-electron chi connectivity index (χ4n) is 2.43. The number of ether oxygens (including phenoxy) is 1. The number of carbonyl (C=O) groups excluding carboxylic acids is 2. The Hall–Kier alpha value is -1.89. The molecule has 1 atom stereocenters. The lowest BCUT2D eigenvalue weighted by molar-refractivity contribution is 0.0520. The van der Waals surface area contributed by atoms with Crippen LogP contribution >= 0.6 is 11.6 Å². The molecule has 0 spiro atoms. The number of nitrogens with one attached hydrogen (secondary N) is 1. The van der Waals surface area contributed by atoms with Gasteiger partial charge in [-0.2, -0.15) is 4.98 Å². The van der Waals surface area contributed by atoms with Gasteiger partial charge in [0.1, 0.15) is 11.4 Å². The van der Waals surface area contributed by atoms with E-state index in [1.165, 1.54) is 6.20 Å². The molecule has 1 aliphatic heterocycles. The number of amides is 1. The standard InChI is InChI=1S/C15H21ClN4O3/c1-15(2,3)23-14(22)18-6-10-4-5-20(8-10)12-11(9-21)7-17-13(16)19-12/h7,9-10H,4-6,8H2,1-3H3,(H,18,22). The van der Waals surface area contributed by atoms with Gasteiger partial charge in [0.05, 0.1) is 5.56 Å². The molecule has 0 bridgehead atoms. The first-order valence-electron chi connectivity index (χ1n) is 7.48. The lowest BCUT2D eigenvalue weighted by Gasteiger charge is -2.21. The van der Waals surface area contributed by atoms with E-state index in [0.717, 1.165) is 19.3 Å². The molecule has 1 aromatic heterocycles. The topological polar surface area (TPSA) is 84.4 Å². The smallest absolute Gasteiger partial charge is 0.407 e. The fourth-order valence-corrected chi connectivity index (χ4v) is 2.56. The second kappa shape index (κ2) is 7.12. The quantitative estimate of drug-likeness (QED) is 0.668. The van der Waals surface area contributed by atoms with Crippen LogP contribution in [0.2, 0.25) is 5.28 Å². The Morgan fingerprint density at radius 1 is 1.57 bits per heavy atom. The molecule has 1 unspecified atom stereocenters. The van der Waals surface area contributed by atoms with Gasteiger partial charge in [0.2, 0.25) is 5.28 Å². The highest BCUT2D eigenvalue weighted by molar-refractivity contribution is 6.28. The summed E-state index contributed by atoms with van der Waals surface area (Å²) in [5.41, 5.74) is -0.0994. The average molecular weight is 341 g/mol.